The van der Waals surface area contributed by atoms with Crippen molar-refractivity contribution in [1.29, 1.82) is 0 Å². The lowest BCUT2D eigenvalue weighted by atomic mass is 10.2. The molecule has 0 aromatic heterocycles. The van der Waals surface area contributed by atoms with Crippen LogP contribution >= 0.6 is 0 Å². The molecule has 4 nitrogen and oxygen atoms in total. The predicted molar refractivity (Wildman–Crippen MR) is 95.2 cm³/mol. The topological polar surface area (TPSA) is 47.9 Å². The van der Waals surface area contributed by atoms with Gasteiger partial charge in [0.15, 0.2) is 11.5 Å². The van der Waals surface area contributed by atoms with Crippen molar-refractivity contribution >= 4 is 18.4 Å². The summed E-state index contributed by atoms with van der Waals surface area (Å²) in [5, 5.41) is 12.0. The second-order valence-electron chi connectivity index (χ2n) is 5.85. The summed E-state index contributed by atoms with van der Waals surface area (Å²) >= 11 is 0. The Hall–Kier alpha value is -1.98. The Balaban J connectivity index is 2.64. The molecule has 0 aliphatic carbocycles. The Morgan fingerprint density at radius 3 is 1.96 bits per heavy atom. The number of ether oxygens (including phenoxy) is 3. The Morgan fingerprint density at radius 1 is 0.913 bits per heavy atom. The summed E-state index contributed by atoms with van der Waals surface area (Å²) in [6, 6.07) is 12.1. The molecule has 2 aromatic carbocycles. The number of aliphatic hydroxyl groups is 1. The largest absolute Gasteiger partial charge is 0.493 e. The van der Waals surface area contributed by atoms with Crippen molar-refractivity contribution < 1.29 is 19.3 Å². The van der Waals surface area contributed by atoms with Crippen molar-refractivity contribution in [3.63, 3.8) is 0 Å². The Bertz CT molecular complexity index is 657. The molecule has 23 heavy (non-hydrogen) atoms. The van der Waals surface area contributed by atoms with Crippen molar-refractivity contribution in [2.45, 2.75) is 19.7 Å². The molecule has 0 spiro atoms. The van der Waals surface area contributed by atoms with Gasteiger partial charge in [-0.1, -0.05) is 37.4 Å². The molecule has 0 bridgehead atoms. The molecule has 0 amide bonds. The maximum absolute atomic E-state index is 9.67. The summed E-state index contributed by atoms with van der Waals surface area (Å²) in [7, 11) is 2.82. The van der Waals surface area contributed by atoms with Crippen LogP contribution in [0.5, 0.6) is 17.2 Å². The van der Waals surface area contributed by atoms with E-state index in [2.05, 4.69) is 19.2 Å². The first-order chi connectivity index (χ1) is 11.0. The van der Waals surface area contributed by atoms with E-state index in [1.165, 1.54) is 5.19 Å². The normalized spacial score (nSPS) is 11.2. The molecule has 124 valence electrons. The highest BCUT2D eigenvalue weighted by Gasteiger charge is 2.30. The van der Waals surface area contributed by atoms with Crippen LogP contribution in [0.2, 0.25) is 13.1 Å². The lowest BCUT2D eigenvalue weighted by Gasteiger charge is -2.27. The van der Waals surface area contributed by atoms with Crippen LogP contribution in [0, 0.1) is 0 Å². The van der Waals surface area contributed by atoms with Gasteiger partial charge in [0.2, 0.25) is 5.75 Å². The number of methoxy groups -OCH3 is 3. The first kappa shape index (κ1) is 17.4. The number of hydrogen-bond acceptors (Lipinski definition) is 4. The van der Waals surface area contributed by atoms with Crippen molar-refractivity contribution in [2.75, 3.05) is 21.3 Å². The molecular formula is C18H24O4Si. The van der Waals surface area contributed by atoms with Gasteiger partial charge >= 0.3 is 0 Å². The van der Waals surface area contributed by atoms with E-state index in [1.807, 2.05) is 30.3 Å². The summed E-state index contributed by atoms with van der Waals surface area (Å²) < 4.78 is 16.4. The van der Waals surface area contributed by atoms with Gasteiger partial charge in [-0.05, 0) is 28.1 Å². The molecule has 0 saturated heterocycles. The third kappa shape index (κ3) is 3.21. The number of rotatable bonds is 6. The molecule has 0 aliphatic rings. The molecule has 0 heterocycles. The zero-order valence-corrected chi connectivity index (χ0v) is 15.3. The van der Waals surface area contributed by atoms with E-state index in [0.717, 1.165) is 10.8 Å². The molecule has 0 unspecified atom stereocenters. The van der Waals surface area contributed by atoms with E-state index in [9.17, 15) is 5.11 Å². The van der Waals surface area contributed by atoms with Crippen molar-refractivity contribution in [3.8, 4) is 17.2 Å². The number of aliphatic hydroxyl groups excluding tert-OH is 1. The standard InChI is InChI=1S/C18H24O4Si/c1-20-15-10-14(11-16(21-2)18(15)22-3)23(4,5)17-9-7-6-8-13(17)12-19/h6-11,19H,12H2,1-5H3. The smallest absolute Gasteiger partial charge is 0.203 e. The molecule has 2 aromatic rings. The molecule has 0 atom stereocenters. The molecular weight excluding hydrogens is 308 g/mol. The minimum absolute atomic E-state index is 0.0387. The van der Waals surface area contributed by atoms with Crippen molar-refractivity contribution in [3.05, 3.63) is 42.0 Å². The molecule has 0 fully saturated rings. The predicted octanol–water partition coefficient (Wildman–Crippen LogP) is 2.03. The quantitative estimate of drug-likeness (QED) is 0.822. The van der Waals surface area contributed by atoms with Gasteiger partial charge in [0.25, 0.3) is 0 Å². The summed E-state index contributed by atoms with van der Waals surface area (Å²) in [4.78, 5) is 0. The lowest BCUT2D eigenvalue weighted by molar-refractivity contribution is 0.283. The highest BCUT2D eigenvalue weighted by molar-refractivity contribution is 7.00. The lowest BCUT2D eigenvalue weighted by Crippen LogP contribution is -2.54. The van der Waals surface area contributed by atoms with Crippen LogP contribution in [0.4, 0.5) is 0 Å². The van der Waals surface area contributed by atoms with E-state index >= 15 is 0 Å². The average Bonchev–Trinajstić information content (AvgIpc) is 2.59. The monoisotopic (exact) mass is 332 g/mol. The van der Waals surface area contributed by atoms with Gasteiger partial charge in [-0.3, -0.25) is 0 Å². The average molecular weight is 332 g/mol. The van der Waals surface area contributed by atoms with Gasteiger partial charge in [-0.2, -0.15) is 0 Å². The summed E-state index contributed by atoms with van der Waals surface area (Å²) in [6.07, 6.45) is 0. The minimum atomic E-state index is -2.03. The van der Waals surface area contributed by atoms with Crippen LogP contribution in [0.1, 0.15) is 5.56 Å². The van der Waals surface area contributed by atoms with Gasteiger partial charge in [0.05, 0.1) is 27.9 Å². The van der Waals surface area contributed by atoms with Crippen LogP contribution in [0.3, 0.4) is 0 Å². The van der Waals surface area contributed by atoms with E-state index in [-0.39, 0.29) is 6.61 Å². The fourth-order valence-corrected chi connectivity index (χ4v) is 5.64. The molecule has 0 aliphatic heterocycles. The second kappa shape index (κ2) is 7.06. The van der Waals surface area contributed by atoms with E-state index in [1.54, 1.807) is 21.3 Å². The van der Waals surface area contributed by atoms with Gasteiger partial charge in [0.1, 0.15) is 8.07 Å². The zero-order valence-electron chi connectivity index (χ0n) is 14.3. The van der Waals surface area contributed by atoms with Crippen LogP contribution in [-0.2, 0) is 6.61 Å². The Labute approximate surface area is 138 Å². The maximum Gasteiger partial charge on any atom is 0.203 e. The van der Waals surface area contributed by atoms with Crippen LogP contribution in [-0.4, -0.2) is 34.5 Å². The van der Waals surface area contributed by atoms with Crippen LogP contribution < -0.4 is 24.6 Å². The molecule has 2 rings (SSSR count). The number of hydrogen-bond donors (Lipinski definition) is 1. The minimum Gasteiger partial charge on any atom is -0.493 e. The van der Waals surface area contributed by atoms with E-state index in [0.29, 0.717) is 17.2 Å². The van der Waals surface area contributed by atoms with Crippen molar-refractivity contribution in [2.24, 2.45) is 0 Å². The van der Waals surface area contributed by atoms with E-state index in [4.69, 9.17) is 14.2 Å². The SMILES string of the molecule is COc1cc([Si](C)(C)c2ccccc2CO)cc(OC)c1OC. The highest BCUT2D eigenvalue weighted by Crippen LogP contribution is 2.36. The highest BCUT2D eigenvalue weighted by atomic mass is 28.3. The van der Waals surface area contributed by atoms with E-state index < -0.39 is 8.07 Å². The maximum atomic E-state index is 9.67. The summed E-state index contributed by atoms with van der Waals surface area (Å²) in [5.74, 6) is 1.91. The van der Waals surface area contributed by atoms with Gasteiger partial charge in [-0.15, -0.1) is 0 Å². The first-order valence-corrected chi connectivity index (χ1v) is 10.5. The second-order valence-corrected chi connectivity index (χ2v) is 10.2. The fourth-order valence-electron chi connectivity index (χ4n) is 2.87. The first-order valence-electron chi connectivity index (χ1n) is 7.49. The summed E-state index contributed by atoms with van der Waals surface area (Å²) in [6.45, 7) is 4.54. The Morgan fingerprint density at radius 2 is 1.48 bits per heavy atom. The molecule has 1 N–H and O–H groups in total. The van der Waals surface area contributed by atoms with Crippen molar-refractivity contribution in [1.82, 2.24) is 0 Å². The van der Waals surface area contributed by atoms with Crippen LogP contribution in [0.15, 0.2) is 36.4 Å². The summed E-state index contributed by atoms with van der Waals surface area (Å²) in [5.41, 5.74) is 0.970. The van der Waals surface area contributed by atoms with Gasteiger partial charge in [-0.25, -0.2) is 0 Å². The van der Waals surface area contributed by atoms with Crippen LogP contribution in [0.25, 0.3) is 0 Å². The molecule has 5 heteroatoms. The Kier molecular flexibility index (Phi) is 5.33. The zero-order chi connectivity index (χ0) is 17.0. The number of benzene rings is 2. The third-order valence-electron chi connectivity index (χ3n) is 4.25. The fraction of sp³-hybridized carbons (Fsp3) is 0.333. The molecule has 0 radical (unpaired) electrons. The molecule has 0 saturated carbocycles. The third-order valence-corrected chi connectivity index (χ3v) is 7.81. The van der Waals surface area contributed by atoms with Gasteiger partial charge in [0, 0.05) is 0 Å². The van der Waals surface area contributed by atoms with Gasteiger partial charge < -0.3 is 19.3 Å².